The van der Waals surface area contributed by atoms with Crippen molar-refractivity contribution in [3.8, 4) is 5.75 Å². The van der Waals surface area contributed by atoms with E-state index in [9.17, 15) is 4.79 Å². The van der Waals surface area contributed by atoms with Gasteiger partial charge in [-0.05, 0) is 37.6 Å². The van der Waals surface area contributed by atoms with Crippen LogP contribution in [0.25, 0.3) is 0 Å². The molecule has 20 heavy (non-hydrogen) atoms. The largest absolute Gasteiger partial charge is 0.495 e. The van der Waals surface area contributed by atoms with Crippen LogP contribution in [0.2, 0.25) is 0 Å². The molecule has 1 aromatic rings. The minimum Gasteiger partial charge on any atom is -0.495 e. The molecule has 1 heterocycles. The first-order chi connectivity index (χ1) is 9.61. The Bertz CT molecular complexity index is 485. The van der Waals surface area contributed by atoms with Gasteiger partial charge in [-0.15, -0.1) is 0 Å². The second-order valence-electron chi connectivity index (χ2n) is 5.26. The minimum atomic E-state index is -0.290. The number of ether oxygens (including phenoxy) is 1. The third-order valence-corrected chi connectivity index (χ3v) is 4.36. The molecule has 0 aromatic heterocycles. The van der Waals surface area contributed by atoms with Gasteiger partial charge in [-0.3, -0.25) is 4.79 Å². The van der Waals surface area contributed by atoms with E-state index in [1.165, 1.54) is 0 Å². The molecule has 0 bridgehead atoms. The van der Waals surface area contributed by atoms with Gasteiger partial charge in [-0.25, -0.2) is 0 Å². The molecule has 0 radical (unpaired) electrons. The maximum Gasteiger partial charge on any atom is 0.232 e. The molecular formula is C15H21BrN2O2. The van der Waals surface area contributed by atoms with Crippen LogP contribution in [-0.4, -0.2) is 26.1 Å². The number of hydrogen-bond acceptors (Lipinski definition) is 3. The normalized spacial score (nSPS) is 21.8. The monoisotopic (exact) mass is 340 g/mol. The summed E-state index contributed by atoms with van der Waals surface area (Å²) in [5.74, 6) is 0.764. The van der Waals surface area contributed by atoms with Crippen LogP contribution in [-0.2, 0) is 4.79 Å². The highest BCUT2D eigenvalue weighted by molar-refractivity contribution is 9.10. The van der Waals surface area contributed by atoms with Crippen LogP contribution in [0.1, 0.15) is 26.2 Å². The Morgan fingerprint density at radius 1 is 1.55 bits per heavy atom. The van der Waals surface area contributed by atoms with E-state index in [0.29, 0.717) is 11.4 Å². The van der Waals surface area contributed by atoms with Gasteiger partial charge in [-0.1, -0.05) is 29.3 Å². The number of hydrogen-bond donors (Lipinski definition) is 2. The fourth-order valence-electron chi connectivity index (χ4n) is 2.78. The van der Waals surface area contributed by atoms with Crippen molar-refractivity contribution in [2.75, 3.05) is 25.5 Å². The predicted octanol–water partition coefficient (Wildman–Crippen LogP) is 3.18. The Labute approximate surface area is 128 Å². The molecule has 0 aliphatic carbocycles. The van der Waals surface area contributed by atoms with Gasteiger partial charge in [0.05, 0.1) is 18.2 Å². The third-order valence-electron chi connectivity index (χ3n) is 3.86. The van der Waals surface area contributed by atoms with E-state index in [2.05, 4.69) is 33.5 Å². The Hall–Kier alpha value is -1.07. The first kappa shape index (κ1) is 15.3. The topological polar surface area (TPSA) is 50.4 Å². The summed E-state index contributed by atoms with van der Waals surface area (Å²) < 4.78 is 6.22. The van der Waals surface area contributed by atoms with Gasteiger partial charge in [0.25, 0.3) is 0 Å². The maximum atomic E-state index is 12.7. The van der Waals surface area contributed by atoms with Gasteiger partial charge in [-0.2, -0.15) is 0 Å². The summed E-state index contributed by atoms with van der Waals surface area (Å²) in [5, 5.41) is 6.34. The van der Waals surface area contributed by atoms with Crippen LogP contribution >= 0.6 is 15.9 Å². The standard InChI is InChI=1S/C15H21BrN2O2/c1-3-6-15(7-8-17-10-15)14(19)18-12-9-11(16)4-5-13(12)20-2/h4-5,9,17H,3,6-8,10H2,1-2H3,(H,18,19). The molecule has 1 saturated heterocycles. The molecule has 1 aliphatic heterocycles. The van der Waals surface area contributed by atoms with E-state index in [1.807, 2.05) is 18.2 Å². The molecule has 2 N–H and O–H groups in total. The Balaban J connectivity index is 2.20. The fourth-order valence-corrected chi connectivity index (χ4v) is 3.14. The number of amides is 1. The van der Waals surface area contributed by atoms with Crippen molar-refractivity contribution in [3.63, 3.8) is 0 Å². The summed E-state index contributed by atoms with van der Waals surface area (Å²) in [6.45, 7) is 3.78. The highest BCUT2D eigenvalue weighted by Crippen LogP contribution is 2.35. The fraction of sp³-hybridized carbons (Fsp3) is 0.533. The van der Waals surface area contributed by atoms with Gasteiger partial charge in [0.2, 0.25) is 5.91 Å². The van der Waals surface area contributed by atoms with Crippen molar-refractivity contribution in [1.29, 1.82) is 0 Å². The molecule has 2 rings (SSSR count). The van der Waals surface area contributed by atoms with Crippen molar-refractivity contribution in [1.82, 2.24) is 5.32 Å². The summed E-state index contributed by atoms with van der Waals surface area (Å²) in [6.07, 6.45) is 2.80. The predicted molar refractivity (Wildman–Crippen MR) is 84.2 cm³/mol. The van der Waals surface area contributed by atoms with Crippen LogP contribution < -0.4 is 15.4 Å². The summed E-state index contributed by atoms with van der Waals surface area (Å²) in [7, 11) is 1.61. The summed E-state index contributed by atoms with van der Waals surface area (Å²) in [4.78, 5) is 12.7. The zero-order chi connectivity index (χ0) is 14.6. The average Bonchev–Trinajstić information content (AvgIpc) is 2.89. The molecule has 1 aromatic carbocycles. The maximum absolute atomic E-state index is 12.7. The smallest absolute Gasteiger partial charge is 0.232 e. The number of carbonyl (C=O) groups excluding carboxylic acids is 1. The number of benzene rings is 1. The van der Waals surface area contributed by atoms with E-state index in [0.717, 1.165) is 36.8 Å². The number of halogens is 1. The second-order valence-corrected chi connectivity index (χ2v) is 6.17. The summed E-state index contributed by atoms with van der Waals surface area (Å²) in [6, 6.07) is 5.62. The Morgan fingerprint density at radius 2 is 2.35 bits per heavy atom. The zero-order valence-electron chi connectivity index (χ0n) is 12.0. The zero-order valence-corrected chi connectivity index (χ0v) is 13.5. The van der Waals surface area contributed by atoms with Crippen LogP contribution in [0.5, 0.6) is 5.75 Å². The Morgan fingerprint density at radius 3 is 2.95 bits per heavy atom. The van der Waals surface area contributed by atoms with Crippen LogP contribution in [0, 0.1) is 5.41 Å². The quantitative estimate of drug-likeness (QED) is 0.865. The number of rotatable bonds is 5. The third kappa shape index (κ3) is 3.15. The molecule has 1 atom stereocenters. The summed E-state index contributed by atoms with van der Waals surface area (Å²) in [5.41, 5.74) is 0.427. The van der Waals surface area contributed by atoms with Gasteiger partial charge in [0.15, 0.2) is 0 Å². The van der Waals surface area contributed by atoms with Gasteiger partial charge in [0, 0.05) is 11.0 Å². The molecule has 110 valence electrons. The molecule has 4 nitrogen and oxygen atoms in total. The molecule has 0 spiro atoms. The number of nitrogens with one attached hydrogen (secondary N) is 2. The van der Waals surface area contributed by atoms with Crippen molar-refractivity contribution >= 4 is 27.5 Å². The lowest BCUT2D eigenvalue weighted by Gasteiger charge is -2.26. The van der Waals surface area contributed by atoms with Crippen LogP contribution in [0.3, 0.4) is 0 Å². The number of methoxy groups -OCH3 is 1. The molecule has 5 heteroatoms. The van der Waals surface area contributed by atoms with E-state index < -0.39 is 0 Å². The minimum absolute atomic E-state index is 0.0840. The van der Waals surface area contributed by atoms with Crippen molar-refractivity contribution in [2.45, 2.75) is 26.2 Å². The second kappa shape index (κ2) is 6.59. The molecular weight excluding hydrogens is 320 g/mol. The molecule has 0 saturated carbocycles. The van der Waals surface area contributed by atoms with E-state index in [4.69, 9.17) is 4.74 Å². The van der Waals surface area contributed by atoms with Crippen LogP contribution in [0.15, 0.2) is 22.7 Å². The van der Waals surface area contributed by atoms with Crippen LogP contribution in [0.4, 0.5) is 5.69 Å². The lowest BCUT2D eigenvalue weighted by molar-refractivity contribution is -0.125. The van der Waals surface area contributed by atoms with Crippen molar-refractivity contribution in [3.05, 3.63) is 22.7 Å². The van der Waals surface area contributed by atoms with E-state index in [1.54, 1.807) is 7.11 Å². The van der Waals surface area contributed by atoms with Gasteiger partial charge >= 0.3 is 0 Å². The van der Waals surface area contributed by atoms with Crippen molar-refractivity contribution in [2.24, 2.45) is 5.41 Å². The first-order valence-corrected chi connectivity index (χ1v) is 7.76. The molecule has 1 aliphatic rings. The average molecular weight is 341 g/mol. The highest BCUT2D eigenvalue weighted by atomic mass is 79.9. The van der Waals surface area contributed by atoms with Crippen molar-refractivity contribution < 1.29 is 9.53 Å². The molecule has 1 fully saturated rings. The summed E-state index contributed by atoms with van der Waals surface area (Å²) >= 11 is 3.42. The van der Waals surface area contributed by atoms with E-state index >= 15 is 0 Å². The number of anilines is 1. The first-order valence-electron chi connectivity index (χ1n) is 6.97. The molecule has 1 amide bonds. The highest BCUT2D eigenvalue weighted by Gasteiger charge is 2.40. The molecule has 1 unspecified atom stereocenters. The lowest BCUT2D eigenvalue weighted by atomic mass is 9.81. The van der Waals surface area contributed by atoms with Gasteiger partial charge < -0.3 is 15.4 Å². The van der Waals surface area contributed by atoms with E-state index in [-0.39, 0.29) is 11.3 Å². The number of carbonyl (C=O) groups is 1. The van der Waals surface area contributed by atoms with Gasteiger partial charge in [0.1, 0.15) is 5.75 Å². The lowest BCUT2D eigenvalue weighted by Crippen LogP contribution is -2.38. The Kier molecular flexibility index (Phi) is 5.05. The SMILES string of the molecule is CCCC1(C(=O)Nc2cc(Br)ccc2OC)CCNC1.